The van der Waals surface area contributed by atoms with Crippen LogP contribution in [0, 0.1) is 5.92 Å². The SMILES string of the molecule is CN(C)CC1CN(c2nc3c(c(N4CC5CCC(C4)N5)n2)CCN(c2cccc4cccc(Cl)c24)C3)C1. The Bertz CT molecular complexity index is 1300. The van der Waals surface area contributed by atoms with Gasteiger partial charge >= 0.3 is 0 Å². The molecule has 4 aliphatic rings. The molecule has 7 rings (SSSR count). The largest absolute Gasteiger partial charge is 0.365 e. The van der Waals surface area contributed by atoms with Crippen LogP contribution in [0.3, 0.4) is 0 Å². The van der Waals surface area contributed by atoms with E-state index in [1.165, 1.54) is 41.0 Å². The van der Waals surface area contributed by atoms with Crippen molar-refractivity contribution in [3.63, 3.8) is 0 Å². The predicted octanol–water partition coefficient (Wildman–Crippen LogP) is 3.78. The van der Waals surface area contributed by atoms with E-state index < -0.39 is 0 Å². The van der Waals surface area contributed by atoms with Crippen molar-refractivity contribution in [2.24, 2.45) is 5.92 Å². The number of anilines is 3. The van der Waals surface area contributed by atoms with E-state index in [0.29, 0.717) is 18.0 Å². The van der Waals surface area contributed by atoms with E-state index in [1.807, 2.05) is 12.1 Å². The van der Waals surface area contributed by atoms with Crippen LogP contribution in [-0.4, -0.2) is 80.3 Å². The summed E-state index contributed by atoms with van der Waals surface area (Å²) in [5.41, 5.74) is 3.72. The Labute approximate surface area is 224 Å². The highest BCUT2D eigenvalue weighted by molar-refractivity contribution is 6.36. The molecule has 0 aliphatic carbocycles. The van der Waals surface area contributed by atoms with E-state index in [-0.39, 0.29) is 0 Å². The maximum absolute atomic E-state index is 6.71. The minimum absolute atomic E-state index is 0.583. The van der Waals surface area contributed by atoms with Crippen LogP contribution in [-0.2, 0) is 13.0 Å². The molecule has 4 aliphatic heterocycles. The van der Waals surface area contributed by atoms with Gasteiger partial charge in [0.05, 0.1) is 17.3 Å². The van der Waals surface area contributed by atoms with Crippen LogP contribution in [0.2, 0.25) is 5.02 Å². The van der Waals surface area contributed by atoms with Crippen molar-refractivity contribution in [3.8, 4) is 0 Å². The average Bonchev–Trinajstić information content (AvgIpc) is 3.21. The number of piperazine rings is 1. The lowest BCUT2D eigenvalue weighted by Crippen LogP contribution is -2.53. The van der Waals surface area contributed by atoms with E-state index in [9.17, 15) is 0 Å². The number of hydrogen-bond donors (Lipinski definition) is 1. The number of halogens is 1. The monoisotopic (exact) mass is 517 g/mol. The van der Waals surface area contributed by atoms with Crippen molar-refractivity contribution >= 4 is 39.8 Å². The maximum atomic E-state index is 6.71. The zero-order valence-corrected chi connectivity index (χ0v) is 22.6. The summed E-state index contributed by atoms with van der Waals surface area (Å²) in [5.74, 6) is 2.78. The summed E-state index contributed by atoms with van der Waals surface area (Å²) in [7, 11) is 4.31. The van der Waals surface area contributed by atoms with Crippen LogP contribution < -0.4 is 20.0 Å². The number of rotatable bonds is 5. The highest BCUT2D eigenvalue weighted by atomic mass is 35.5. The average molecular weight is 518 g/mol. The van der Waals surface area contributed by atoms with Gasteiger partial charge < -0.3 is 24.9 Å². The lowest BCUT2D eigenvalue weighted by atomic mass is 9.99. The molecule has 2 aromatic carbocycles. The number of hydrogen-bond acceptors (Lipinski definition) is 7. The Morgan fingerprint density at radius 1 is 0.946 bits per heavy atom. The van der Waals surface area contributed by atoms with Crippen molar-refractivity contribution in [3.05, 3.63) is 52.7 Å². The number of fused-ring (bicyclic) bond motifs is 4. The van der Waals surface area contributed by atoms with Crippen molar-refractivity contribution in [2.45, 2.75) is 37.9 Å². The molecule has 1 N–H and O–H groups in total. The van der Waals surface area contributed by atoms with Gasteiger partial charge in [0.1, 0.15) is 5.82 Å². The standard InChI is InChI=1S/C29H36ClN7/c1-34(2)13-19-14-37(15-19)29-32-25-18-35(26-8-4-6-20-5-3-7-24(30)27(20)26)12-11-23(25)28(33-29)36-16-21-9-10-22(17-36)31-21/h3-8,19,21-22,31H,9-18H2,1-2H3. The first-order valence-corrected chi connectivity index (χ1v) is 14.1. The van der Waals surface area contributed by atoms with Crippen molar-refractivity contribution in [2.75, 3.05) is 68.1 Å². The van der Waals surface area contributed by atoms with Gasteiger partial charge in [0, 0.05) is 73.9 Å². The maximum Gasteiger partial charge on any atom is 0.227 e. The zero-order chi connectivity index (χ0) is 25.1. The molecular formula is C29H36ClN7. The minimum Gasteiger partial charge on any atom is -0.365 e. The second-order valence-electron chi connectivity index (χ2n) is 11.6. The van der Waals surface area contributed by atoms with Gasteiger partial charge in [0.25, 0.3) is 0 Å². The van der Waals surface area contributed by atoms with E-state index in [1.54, 1.807) is 0 Å². The fourth-order valence-corrected chi connectivity index (χ4v) is 7.16. The molecule has 2 atom stereocenters. The molecule has 3 aromatic rings. The molecule has 7 nitrogen and oxygen atoms in total. The molecule has 0 saturated carbocycles. The van der Waals surface area contributed by atoms with Crippen LogP contribution in [0.15, 0.2) is 36.4 Å². The summed E-state index contributed by atoms with van der Waals surface area (Å²) in [6.45, 7) is 7.01. The summed E-state index contributed by atoms with van der Waals surface area (Å²) in [6.07, 6.45) is 3.50. The zero-order valence-electron chi connectivity index (χ0n) is 21.8. The molecular weight excluding hydrogens is 482 g/mol. The molecule has 3 saturated heterocycles. The summed E-state index contributed by atoms with van der Waals surface area (Å²) < 4.78 is 0. The van der Waals surface area contributed by atoms with Crippen LogP contribution in [0.5, 0.6) is 0 Å². The van der Waals surface area contributed by atoms with Crippen molar-refractivity contribution in [1.29, 1.82) is 0 Å². The first kappa shape index (κ1) is 23.5. The molecule has 194 valence electrons. The van der Waals surface area contributed by atoms with Gasteiger partial charge in [-0.15, -0.1) is 0 Å². The molecule has 0 amide bonds. The first-order chi connectivity index (χ1) is 18.0. The molecule has 0 spiro atoms. The van der Waals surface area contributed by atoms with Gasteiger partial charge in [-0.05, 0) is 50.9 Å². The normalized spacial score (nSPS) is 23.6. The second kappa shape index (κ2) is 9.29. The molecule has 5 heterocycles. The van der Waals surface area contributed by atoms with Gasteiger partial charge in [-0.2, -0.15) is 4.98 Å². The first-order valence-electron chi connectivity index (χ1n) is 13.7. The van der Waals surface area contributed by atoms with Crippen LogP contribution in [0.25, 0.3) is 10.8 Å². The number of aromatic nitrogens is 2. The van der Waals surface area contributed by atoms with E-state index >= 15 is 0 Å². The van der Waals surface area contributed by atoms with E-state index in [4.69, 9.17) is 21.6 Å². The third-order valence-corrected chi connectivity index (χ3v) is 8.90. The Balaban J connectivity index is 1.24. The second-order valence-corrected chi connectivity index (χ2v) is 12.0. The smallest absolute Gasteiger partial charge is 0.227 e. The fraction of sp³-hybridized carbons (Fsp3) is 0.517. The topological polar surface area (TPSA) is 50.8 Å². The Hall–Kier alpha value is -2.61. The van der Waals surface area contributed by atoms with Gasteiger partial charge in [-0.1, -0.05) is 35.9 Å². The molecule has 2 bridgehead atoms. The third kappa shape index (κ3) is 4.31. The van der Waals surface area contributed by atoms with Crippen LogP contribution in [0.1, 0.15) is 24.1 Å². The van der Waals surface area contributed by atoms with E-state index in [2.05, 4.69) is 63.3 Å². The molecule has 1 aromatic heterocycles. The van der Waals surface area contributed by atoms with Gasteiger partial charge in [-0.3, -0.25) is 0 Å². The molecule has 3 fully saturated rings. The lowest BCUT2D eigenvalue weighted by Gasteiger charge is -2.42. The summed E-state index contributed by atoms with van der Waals surface area (Å²) >= 11 is 6.71. The van der Waals surface area contributed by atoms with Crippen LogP contribution in [0.4, 0.5) is 17.5 Å². The summed E-state index contributed by atoms with van der Waals surface area (Å²) in [5, 5.41) is 6.92. The Kier molecular flexibility index (Phi) is 5.90. The number of nitrogens with zero attached hydrogens (tertiary/aromatic N) is 6. The molecule has 0 radical (unpaired) electrons. The minimum atomic E-state index is 0.583. The highest BCUT2D eigenvalue weighted by Gasteiger charge is 2.37. The van der Waals surface area contributed by atoms with Gasteiger partial charge in [-0.25, -0.2) is 4.98 Å². The predicted molar refractivity (Wildman–Crippen MR) is 152 cm³/mol. The third-order valence-electron chi connectivity index (χ3n) is 8.58. The summed E-state index contributed by atoms with van der Waals surface area (Å²) in [6, 6.07) is 13.8. The Morgan fingerprint density at radius 3 is 2.46 bits per heavy atom. The Morgan fingerprint density at radius 2 is 1.70 bits per heavy atom. The van der Waals surface area contributed by atoms with Crippen LogP contribution >= 0.6 is 11.6 Å². The lowest BCUT2D eigenvalue weighted by molar-refractivity contribution is 0.281. The summed E-state index contributed by atoms with van der Waals surface area (Å²) in [4.78, 5) is 20.2. The van der Waals surface area contributed by atoms with Gasteiger partial charge in [0.15, 0.2) is 0 Å². The number of benzene rings is 2. The van der Waals surface area contributed by atoms with E-state index in [0.717, 1.165) is 68.6 Å². The number of nitrogens with one attached hydrogen (secondary N) is 1. The quantitative estimate of drug-likeness (QED) is 0.552. The molecule has 8 heteroatoms. The van der Waals surface area contributed by atoms with Crippen molar-refractivity contribution < 1.29 is 0 Å². The van der Waals surface area contributed by atoms with Crippen molar-refractivity contribution in [1.82, 2.24) is 20.2 Å². The molecule has 2 unspecified atom stereocenters. The highest BCUT2D eigenvalue weighted by Crippen LogP contribution is 2.38. The molecule has 37 heavy (non-hydrogen) atoms. The van der Waals surface area contributed by atoms with Gasteiger partial charge in [0.2, 0.25) is 5.95 Å². The fourth-order valence-electron chi connectivity index (χ4n) is 6.88.